The summed E-state index contributed by atoms with van der Waals surface area (Å²) in [6.07, 6.45) is 7.68. The highest BCUT2D eigenvalue weighted by atomic mass is 16.3. The van der Waals surface area contributed by atoms with Crippen molar-refractivity contribution in [1.82, 2.24) is 9.55 Å². The van der Waals surface area contributed by atoms with Crippen molar-refractivity contribution in [2.45, 2.75) is 45.3 Å². The molecule has 1 unspecified atom stereocenters. The standard InChI is InChI=1S/C16H20N2O/c1-2-9-18-10-8-17-16(18)15(19)14-7-6-12-4-3-5-13(12)11-14/h6-8,10-11,15,19H,2-5,9H2,1H3. The normalized spacial score (nSPS) is 15.5. The molecule has 1 N–H and O–H groups in total. The molecule has 19 heavy (non-hydrogen) atoms. The van der Waals surface area contributed by atoms with Crippen LogP contribution in [-0.4, -0.2) is 14.7 Å². The van der Waals surface area contributed by atoms with Crippen LogP contribution in [0.1, 0.15) is 48.4 Å². The second-order valence-corrected chi connectivity index (χ2v) is 5.26. The van der Waals surface area contributed by atoms with E-state index < -0.39 is 6.10 Å². The van der Waals surface area contributed by atoms with E-state index in [1.807, 2.05) is 16.8 Å². The first kappa shape index (κ1) is 12.4. The van der Waals surface area contributed by atoms with Crippen molar-refractivity contribution in [1.29, 1.82) is 0 Å². The molecule has 3 heteroatoms. The zero-order valence-electron chi connectivity index (χ0n) is 11.3. The van der Waals surface area contributed by atoms with Gasteiger partial charge in [0.15, 0.2) is 0 Å². The van der Waals surface area contributed by atoms with Gasteiger partial charge in [0, 0.05) is 18.9 Å². The molecule has 1 aromatic carbocycles. The average molecular weight is 256 g/mol. The third-order valence-corrected chi connectivity index (χ3v) is 3.90. The number of aliphatic hydroxyl groups is 1. The number of rotatable bonds is 4. The molecular weight excluding hydrogens is 236 g/mol. The molecule has 1 atom stereocenters. The van der Waals surface area contributed by atoms with Crippen LogP contribution in [-0.2, 0) is 19.4 Å². The summed E-state index contributed by atoms with van der Waals surface area (Å²) in [6.45, 7) is 3.03. The maximum Gasteiger partial charge on any atom is 0.142 e. The second-order valence-electron chi connectivity index (χ2n) is 5.26. The van der Waals surface area contributed by atoms with Gasteiger partial charge in [-0.05, 0) is 42.4 Å². The number of hydrogen-bond acceptors (Lipinski definition) is 2. The van der Waals surface area contributed by atoms with E-state index in [4.69, 9.17) is 0 Å². The van der Waals surface area contributed by atoms with E-state index in [2.05, 4.69) is 24.0 Å². The molecular formula is C16H20N2O. The van der Waals surface area contributed by atoms with Crippen molar-refractivity contribution in [3.8, 4) is 0 Å². The monoisotopic (exact) mass is 256 g/mol. The number of hydrogen-bond donors (Lipinski definition) is 1. The molecule has 100 valence electrons. The fraction of sp³-hybridized carbons (Fsp3) is 0.438. The second kappa shape index (κ2) is 5.17. The summed E-state index contributed by atoms with van der Waals surface area (Å²) in [6, 6.07) is 6.35. The SMILES string of the molecule is CCCn1ccnc1C(O)c1ccc2c(c1)CCC2. The molecule has 0 saturated carbocycles. The van der Waals surface area contributed by atoms with Crippen LogP contribution in [0.5, 0.6) is 0 Å². The van der Waals surface area contributed by atoms with Crippen LogP contribution in [0.2, 0.25) is 0 Å². The summed E-state index contributed by atoms with van der Waals surface area (Å²) in [5.74, 6) is 0.750. The van der Waals surface area contributed by atoms with Gasteiger partial charge in [0.1, 0.15) is 11.9 Å². The van der Waals surface area contributed by atoms with E-state index in [-0.39, 0.29) is 0 Å². The maximum absolute atomic E-state index is 10.5. The quantitative estimate of drug-likeness (QED) is 0.913. The zero-order chi connectivity index (χ0) is 13.2. The van der Waals surface area contributed by atoms with Gasteiger partial charge in [0.05, 0.1) is 0 Å². The van der Waals surface area contributed by atoms with Crippen molar-refractivity contribution < 1.29 is 5.11 Å². The molecule has 0 bridgehead atoms. The lowest BCUT2D eigenvalue weighted by molar-refractivity contribution is 0.204. The lowest BCUT2D eigenvalue weighted by Gasteiger charge is -2.14. The largest absolute Gasteiger partial charge is 0.380 e. The summed E-state index contributed by atoms with van der Waals surface area (Å²) >= 11 is 0. The Bertz CT molecular complexity index is 574. The van der Waals surface area contributed by atoms with Crippen molar-refractivity contribution >= 4 is 0 Å². The Hall–Kier alpha value is -1.61. The Morgan fingerprint density at radius 2 is 2.16 bits per heavy atom. The molecule has 1 aromatic heterocycles. The van der Waals surface area contributed by atoms with Gasteiger partial charge in [0.25, 0.3) is 0 Å². The van der Waals surface area contributed by atoms with Crippen LogP contribution in [0.25, 0.3) is 0 Å². The van der Waals surface area contributed by atoms with Crippen LogP contribution in [0.3, 0.4) is 0 Å². The number of imidazole rings is 1. The van der Waals surface area contributed by atoms with Gasteiger partial charge < -0.3 is 9.67 Å². The van der Waals surface area contributed by atoms with E-state index in [1.54, 1.807) is 6.20 Å². The van der Waals surface area contributed by atoms with Crippen molar-refractivity contribution in [2.75, 3.05) is 0 Å². The highest BCUT2D eigenvalue weighted by Gasteiger charge is 2.18. The predicted octanol–water partition coefficient (Wildman–Crippen LogP) is 2.86. The molecule has 1 aliphatic rings. The molecule has 0 radical (unpaired) electrons. The van der Waals surface area contributed by atoms with E-state index in [0.717, 1.165) is 30.8 Å². The molecule has 1 heterocycles. The Balaban J connectivity index is 1.90. The molecule has 3 rings (SSSR count). The number of benzene rings is 1. The Labute approximate surface area is 113 Å². The minimum absolute atomic E-state index is 0.618. The third kappa shape index (κ3) is 2.30. The Morgan fingerprint density at radius 1 is 1.32 bits per heavy atom. The minimum atomic E-state index is -0.618. The van der Waals surface area contributed by atoms with Crippen molar-refractivity contribution in [3.05, 3.63) is 53.1 Å². The van der Waals surface area contributed by atoms with Gasteiger partial charge in [-0.15, -0.1) is 0 Å². The molecule has 0 aliphatic heterocycles. The minimum Gasteiger partial charge on any atom is -0.380 e. The maximum atomic E-state index is 10.5. The first-order chi connectivity index (χ1) is 9.29. The van der Waals surface area contributed by atoms with Crippen LogP contribution in [0.15, 0.2) is 30.6 Å². The van der Waals surface area contributed by atoms with Gasteiger partial charge in [-0.1, -0.05) is 25.1 Å². The molecule has 0 fully saturated rings. The van der Waals surface area contributed by atoms with Crippen LogP contribution < -0.4 is 0 Å². The Morgan fingerprint density at radius 3 is 3.00 bits per heavy atom. The van der Waals surface area contributed by atoms with Gasteiger partial charge in [-0.25, -0.2) is 4.98 Å². The van der Waals surface area contributed by atoms with Gasteiger partial charge in [-0.2, -0.15) is 0 Å². The van der Waals surface area contributed by atoms with Gasteiger partial charge >= 0.3 is 0 Å². The van der Waals surface area contributed by atoms with Gasteiger partial charge in [-0.3, -0.25) is 0 Å². The third-order valence-electron chi connectivity index (χ3n) is 3.90. The van der Waals surface area contributed by atoms with Crippen LogP contribution in [0.4, 0.5) is 0 Å². The lowest BCUT2D eigenvalue weighted by atomic mass is 10.0. The molecule has 0 amide bonds. The van der Waals surface area contributed by atoms with E-state index in [9.17, 15) is 5.11 Å². The summed E-state index contributed by atoms with van der Waals surface area (Å²) in [4.78, 5) is 4.32. The summed E-state index contributed by atoms with van der Waals surface area (Å²) in [5.41, 5.74) is 3.79. The number of fused-ring (bicyclic) bond motifs is 1. The predicted molar refractivity (Wildman–Crippen MR) is 75.0 cm³/mol. The number of aromatic nitrogens is 2. The molecule has 3 nitrogen and oxygen atoms in total. The van der Waals surface area contributed by atoms with Crippen LogP contribution >= 0.6 is 0 Å². The number of nitrogens with zero attached hydrogens (tertiary/aromatic N) is 2. The molecule has 2 aromatic rings. The van der Waals surface area contributed by atoms with Crippen molar-refractivity contribution in [2.24, 2.45) is 0 Å². The number of aliphatic hydroxyl groups excluding tert-OH is 1. The molecule has 0 spiro atoms. The lowest BCUT2D eigenvalue weighted by Crippen LogP contribution is -2.10. The first-order valence-corrected chi connectivity index (χ1v) is 7.10. The fourth-order valence-corrected chi connectivity index (χ4v) is 2.91. The average Bonchev–Trinajstić information content (AvgIpc) is 3.05. The zero-order valence-corrected chi connectivity index (χ0v) is 11.3. The van der Waals surface area contributed by atoms with Gasteiger partial charge in [0.2, 0.25) is 0 Å². The summed E-state index contributed by atoms with van der Waals surface area (Å²) < 4.78 is 2.04. The van der Waals surface area contributed by atoms with Crippen LogP contribution in [0, 0.1) is 0 Å². The smallest absolute Gasteiger partial charge is 0.142 e. The Kier molecular flexibility index (Phi) is 3.38. The molecule has 0 saturated heterocycles. The first-order valence-electron chi connectivity index (χ1n) is 7.10. The number of aryl methyl sites for hydroxylation is 3. The summed E-state index contributed by atoms with van der Waals surface area (Å²) in [7, 11) is 0. The van der Waals surface area contributed by atoms with E-state index in [1.165, 1.54) is 24.0 Å². The fourth-order valence-electron chi connectivity index (χ4n) is 2.91. The molecule has 1 aliphatic carbocycles. The summed E-state index contributed by atoms with van der Waals surface area (Å²) in [5, 5.41) is 10.5. The highest BCUT2D eigenvalue weighted by Crippen LogP contribution is 2.27. The van der Waals surface area contributed by atoms with E-state index >= 15 is 0 Å². The topological polar surface area (TPSA) is 38.0 Å². The van der Waals surface area contributed by atoms with Crippen molar-refractivity contribution in [3.63, 3.8) is 0 Å². The van der Waals surface area contributed by atoms with E-state index in [0.29, 0.717) is 0 Å². The highest BCUT2D eigenvalue weighted by molar-refractivity contribution is 5.37.